The minimum absolute atomic E-state index is 0.0526. The molecule has 21 heavy (non-hydrogen) atoms. The molecule has 0 spiro atoms. The van der Waals surface area contributed by atoms with E-state index < -0.39 is 5.41 Å². The number of fused-ring (bicyclic) bond motifs is 2. The summed E-state index contributed by atoms with van der Waals surface area (Å²) in [6, 6.07) is 0. The highest BCUT2D eigenvalue weighted by atomic mass is 16.2. The second-order valence-electron chi connectivity index (χ2n) is 6.85. The molecule has 1 aromatic rings. The fourth-order valence-corrected chi connectivity index (χ4v) is 4.23. The zero-order valence-electron chi connectivity index (χ0n) is 12.8. The van der Waals surface area contributed by atoms with E-state index in [1.165, 1.54) is 0 Å². The maximum Gasteiger partial charge on any atom is 0.236 e. The van der Waals surface area contributed by atoms with Crippen molar-refractivity contribution in [1.82, 2.24) is 14.9 Å². The van der Waals surface area contributed by atoms with E-state index in [9.17, 15) is 9.59 Å². The van der Waals surface area contributed by atoms with Gasteiger partial charge in [-0.1, -0.05) is 13.8 Å². The summed E-state index contributed by atoms with van der Waals surface area (Å²) < 4.78 is 0. The monoisotopic (exact) mass is 287 g/mol. The third kappa shape index (κ3) is 1.83. The predicted octanol–water partition coefficient (Wildman–Crippen LogP) is 1.83. The van der Waals surface area contributed by atoms with Gasteiger partial charge in [0.2, 0.25) is 5.91 Å². The van der Waals surface area contributed by atoms with Crippen molar-refractivity contribution in [2.75, 3.05) is 7.05 Å². The van der Waals surface area contributed by atoms with Crippen LogP contribution in [0.1, 0.15) is 38.8 Å². The smallest absolute Gasteiger partial charge is 0.236 e. The zero-order chi connectivity index (χ0) is 15.3. The molecule has 2 aliphatic rings. The maximum absolute atomic E-state index is 13.0. The Hall–Kier alpha value is -1.78. The molecular weight excluding hydrogens is 266 g/mol. The molecule has 5 heteroatoms. The third-order valence-corrected chi connectivity index (χ3v) is 5.62. The minimum atomic E-state index is -0.825. The van der Waals surface area contributed by atoms with E-state index in [1.54, 1.807) is 30.5 Å². The Kier molecular flexibility index (Phi) is 3.11. The van der Waals surface area contributed by atoms with Gasteiger partial charge in [-0.15, -0.1) is 0 Å². The van der Waals surface area contributed by atoms with Crippen LogP contribution in [0.5, 0.6) is 0 Å². The summed E-state index contributed by atoms with van der Waals surface area (Å²) in [4.78, 5) is 35.4. The van der Waals surface area contributed by atoms with E-state index in [1.807, 2.05) is 0 Å². The highest BCUT2D eigenvalue weighted by Crippen LogP contribution is 2.64. The average molecular weight is 287 g/mol. The van der Waals surface area contributed by atoms with Crippen molar-refractivity contribution in [3.63, 3.8) is 0 Å². The number of nitrogens with zero attached hydrogens (tertiary/aromatic N) is 3. The van der Waals surface area contributed by atoms with Crippen LogP contribution in [-0.4, -0.2) is 33.6 Å². The van der Waals surface area contributed by atoms with Crippen LogP contribution in [-0.2, 0) is 16.1 Å². The molecule has 0 aliphatic heterocycles. The fraction of sp³-hybridized carbons (Fsp3) is 0.625. The molecule has 5 nitrogen and oxygen atoms in total. The van der Waals surface area contributed by atoms with Gasteiger partial charge >= 0.3 is 0 Å². The standard InChI is InChI=1S/C16H21N3O2/c1-15(2)11-4-5-16(15,13(20)8-11)14(21)19(3)10-12-9-17-6-7-18-12/h6-7,9,11H,4-5,8,10H2,1-3H3. The van der Waals surface area contributed by atoms with E-state index >= 15 is 0 Å². The molecule has 1 amide bonds. The first kappa shape index (κ1) is 14.2. The number of ketones is 1. The van der Waals surface area contributed by atoms with Crippen LogP contribution in [0.25, 0.3) is 0 Å². The first-order chi connectivity index (χ1) is 9.89. The highest BCUT2D eigenvalue weighted by Gasteiger charge is 2.68. The van der Waals surface area contributed by atoms with Crippen LogP contribution in [0.4, 0.5) is 0 Å². The Morgan fingerprint density at radius 2 is 2.19 bits per heavy atom. The molecule has 1 heterocycles. The largest absolute Gasteiger partial charge is 0.339 e. The molecule has 0 N–H and O–H groups in total. The number of hydrogen-bond donors (Lipinski definition) is 0. The number of Topliss-reactive ketones (excluding diaryl/α,β-unsaturated/α-hetero) is 1. The Morgan fingerprint density at radius 1 is 1.43 bits per heavy atom. The minimum Gasteiger partial charge on any atom is -0.339 e. The van der Waals surface area contributed by atoms with Gasteiger partial charge < -0.3 is 4.90 Å². The molecule has 2 bridgehead atoms. The summed E-state index contributed by atoms with van der Waals surface area (Å²) in [5, 5.41) is 0. The van der Waals surface area contributed by atoms with Crippen LogP contribution < -0.4 is 0 Å². The third-order valence-electron chi connectivity index (χ3n) is 5.62. The van der Waals surface area contributed by atoms with Crippen molar-refractivity contribution >= 4 is 11.7 Å². The average Bonchev–Trinajstić information content (AvgIpc) is 2.82. The molecule has 2 aliphatic carbocycles. The molecule has 112 valence electrons. The summed E-state index contributed by atoms with van der Waals surface area (Å²) >= 11 is 0. The summed E-state index contributed by atoms with van der Waals surface area (Å²) in [5.41, 5.74) is -0.325. The molecular formula is C16H21N3O2. The van der Waals surface area contributed by atoms with E-state index in [4.69, 9.17) is 0 Å². The predicted molar refractivity (Wildman–Crippen MR) is 77.1 cm³/mol. The number of carbonyl (C=O) groups excluding carboxylic acids is 2. The molecule has 2 unspecified atom stereocenters. The maximum atomic E-state index is 13.0. The first-order valence-electron chi connectivity index (χ1n) is 7.43. The topological polar surface area (TPSA) is 63.2 Å². The number of hydrogen-bond acceptors (Lipinski definition) is 4. The Labute approximate surface area is 124 Å². The van der Waals surface area contributed by atoms with Crippen LogP contribution in [0, 0.1) is 16.7 Å². The molecule has 2 fully saturated rings. The van der Waals surface area contributed by atoms with Crippen molar-refractivity contribution in [2.45, 2.75) is 39.7 Å². The van der Waals surface area contributed by atoms with Crippen molar-refractivity contribution in [3.8, 4) is 0 Å². The molecule has 1 aromatic heterocycles. The Bertz CT molecular complexity index is 584. The van der Waals surface area contributed by atoms with Crippen molar-refractivity contribution in [2.24, 2.45) is 16.7 Å². The lowest BCUT2D eigenvalue weighted by Gasteiger charge is -2.37. The normalized spacial score (nSPS) is 29.7. The Balaban J connectivity index is 1.86. The van der Waals surface area contributed by atoms with Gasteiger partial charge in [0.05, 0.1) is 18.4 Å². The van der Waals surface area contributed by atoms with Gasteiger partial charge in [-0.25, -0.2) is 0 Å². The van der Waals surface area contributed by atoms with Crippen LogP contribution in [0.15, 0.2) is 18.6 Å². The van der Waals surface area contributed by atoms with Crippen molar-refractivity contribution in [1.29, 1.82) is 0 Å². The second kappa shape index (κ2) is 4.61. The molecule has 2 atom stereocenters. The van der Waals surface area contributed by atoms with Crippen LogP contribution in [0.3, 0.4) is 0 Å². The zero-order valence-corrected chi connectivity index (χ0v) is 12.8. The van der Waals surface area contributed by atoms with Crippen LogP contribution in [0.2, 0.25) is 0 Å². The van der Waals surface area contributed by atoms with Gasteiger partial charge in [-0.05, 0) is 24.2 Å². The fourth-order valence-electron chi connectivity index (χ4n) is 4.23. The van der Waals surface area contributed by atoms with Gasteiger partial charge in [-0.3, -0.25) is 19.6 Å². The van der Waals surface area contributed by atoms with Gasteiger partial charge in [0, 0.05) is 25.9 Å². The summed E-state index contributed by atoms with van der Waals surface area (Å²) in [7, 11) is 1.75. The SMILES string of the molecule is CN(Cc1cnccn1)C(=O)C12CCC(CC1=O)C2(C)C. The van der Waals surface area contributed by atoms with Crippen molar-refractivity contribution in [3.05, 3.63) is 24.3 Å². The summed E-state index contributed by atoms with van der Waals surface area (Å²) in [6.45, 7) is 4.54. The van der Waals surface area contributed by atoms with E-state index in [0.717, 1.165) is 12.1 Å². The van der Waals surface area contributed by atoms with Gasteiger partial charge in [0.25, 0.3) is 0 Å². The lowest BCUT2D eigenvalue weighted by molar-refractivity contribution is -0.152. The van der Waals surface area contributed by atoms with Gasteiger partial charge in [-0.2, -0.15) is 0 Å². The number of aromatic nitrogens is 2. The molecule has 2 saturated carbocycles. The van der Waals surface area contributed by atoms with E-state index in [-0.39, 0.29) is 17.1 Å². The molecule has 0 radical (unpaired) electrons. The quantitative estimate of drug-likeness (QED) is 0.796. The molecule has 3 rings (SSSR count). The first-order valence-corrected chi connectivity index (χ1v) is 7.43. The number of carbonyl (C=O) groups is 2. The van der Waals surface area contributed by atoms with E-state index in [0.29, 0.717) is 25.3 Å². The van der Waals surface area contributed by atoms with Crippen LogP contribution >= 0.6 is 0 Å². The lowest BCUT2D eigenvalue weighted by Crippen LogP contribution is -2.50. The summed E-state index contributed by atoms with van der Waals surface area (Å²) in [5.74, 6) is 0.418. The number of rotatable bonds is 3. The number of amides is 1. The molecule has 0 aromatic carbocycles. The molecule has 0 saturated heterocycles. The van der Waals surface area contributed by atoms with E-state index in [2.05, 4.69) is 23.8 Å². The van der Waals surface area contributed by atoms with Crippen molar-refractivity contribution < 1.29 is 9.59 Å². The van der Waals surface area contributed by atoms with Gasteiger partial charge in [0.15, 0.2) is 0 Å². The highest BCUT2D eigenvalue weighted by molar-refractivity contribution is 6.09. The second-order valence-corrected chi connectivity index (χ2v) is 6.85. The Morgan fingerprint density at radius 3 is 2.71 bits per heavy atom. The lowest BCUT2D eigenvalue weighted by atomic mass is 9.68. The van der Waals surface area contributed by atoms with Gasteiger partial charge in [0.1, 0.15) is 11.2 Å². The summed E-state index contributed by atoms with van der Waals surface area (Å²) in [6.07, 6.45) is 7.09.